The standard InChI is InChI=1S/C11H9BrClNO3S2/c12-7-1-2-11(10(13)3-7)14-19(16,17)9-4-8(5-15)18-6-9/h1-4,6,14-15H,5H2. The van der Waals surface area contributed by atoms with E-state index in [2.05, 4.69) is 20.7 Å². The molecule has 0 atom stereocenters. The van der Waals surface area contributed by atoms with E-state index < -0.39 is 10.0 Å². The molecular weight excluding hydrogens is 374 g/mol. The Morgan fingerprint density at radius 1 is 1.37 bits per heavy atom. The summed E-state index contributed by atoms with van der Waals surface area (Å²) in [5, 5.41) is 10.7. The van der Waals surface area contributed by atoms with Crippen LogP contribution >= 0.6 is 38.9 Å². The molecule has 2 aromatic rings. The molecule has 8 heteroatoms. The second-order valence-corrected chi connectivity index (χ2v) is 7.64. The second-order valence-electron chi connectivity index (χ2n) is 3.64. The Labute approximate surface area is 128 Å². The van der Waals surface area contributed by atoms with Crippen molar-refractivity contribution in [3.63, 3.8) is 0 Å². The fourth-order valence-corrected chi connectivity index (χ4v) is 4.35. The fourth-order valence-electron chi connectivity index (χ4n) is 1.36. The van der Waals surface area contributed by atoms with Gasteiger partial charge in [0.15, 0.2) is 0 Å². The van der Waals surface area contributed by atoms with Crippen molar-refractivity contribution in [1.29, 1.82) is 0 Å². The predicted molar refractivity (Wildman–Crippen MR) is 80.2 cm³/mol. The van der Waals surface area contributed by atoms with E-state index in [0.717, 1.165) is 4.47 Å². The molecule has 0 saturated heterocycles. The molecule has 1 aromatic heterocycles. The zero-order valence-corrected chi connectivity index (χ0v) is 13.4. The van der Waals surface area contributed by atoms with Crippen molar-refractivity contribution < 1.29 is 13.5 Å². The molecule has 0 saturated carbocycles. The number of hydrogen-bond donors (Lipinski definition) is 2. The third kappa shape index (κ3) is 3.49. The maximum absolute atomic E-state index is 12.1. The van der Waals surface area contributed by atoms with Gasteiger partial charge in [0.2, 0.25) is 0 Å². The Morgan fingerprint density at radius 3 is 2.68 bits per heavy atom. The molecule has 0 aliphatic carbocycles. The molecule has 102 valence electrons. The van der Waals surface area contributed by atoms with E-state index in [4.69, 9.17) is 16.7 Å². The fraction of sp³-hybridized carbons (Fsp3) is 0.0909. The average molecular weight is 383 g/mol. The molecule has 0 fully saturated rings. The second kappa shape index (κ2) is 5.80. The number of thiophene rings is 1. The summed E-state index contributed by atoms with van der Waals surface area (Å²) < 4.78 is 27.4. The van der Waals surface area contributed by atoms with Gasteiger partial charge >= 0.3 is 0 Å². The van der Waals surface area contributed by atoms with Gasteiger partial charge in [0, 0.05) is 14.7 Å². The van der Waals surface area contributed by atoms with Crippen LogP contribution in [0.2, 0.25) is 5.02 Å². The number of rotatable bonds is 4. The van der Waals surface area contributed by atoms with E-state index in [1.54, 1.807) is 18.2 Å². The lowest BCUT2D eigenvalue weighted by Crippen LogP contribution is -2.12. The van der Waals surface area contributed by atoms with Gasteiger partial charge in [0.1, 0.15) is 0 Å². The summed E-state index contributed by atoms with van der Waals surface area (Å²) in [7, 11) is -3.69. The zero-order chi connectivity index (χ0) is 14.0. The third-order valence-electron chi connectivity index (χ3n) is 2.27. The van der Waals surface area contributed by atoms with Crippen LogP contribution in [0.5, 0.6) is 0 Å². The lowest BCUT2D eigenvalue weighted by molar-refractivity contribution is 0.285. The summed E-state index contributed by atoms with van der Waals surface area (Å²) in [5.41, 5.74) is 0.307. The van der Waals surface area contributed by atoms with Crippen molar-refractivity contribution in [3.05, 3.63) is 44.0 Å². The number of halogens is 2. The van der Waals surface area contributed by atoms with Crippen LogP contribution in [0.1, 0.15) is 4.88 Å². The summed E-state index contributed by atoms with van der Waals surface area (Å²) >= 11 is 10.4. The van der Waals surface area contributed by atoms with E-state index in [-0.39, 0.29) is 11.5 Å². The molecule has 19 heavy (non-hydrogen) atoms. The number of nitrogens with one attached hydrogen (secondary N) is 1. The van der Waals surface area contributed by atoms with Crippen molar-refractivity contribution in [1.82, 2.24) is 0 Å². The van der Waals surface area contributed by atoms with Crippen LogP contribution in [0.4, 0.5) is 5.69 Å². The SMILES string of the molecule is O=S(=O)(Nc1ccc(Br)cc1Cl)c1csc(CO)c1. The molecule has 2 rings (SSSR count). The first kappa shape index (κ1) is 14.8. The van der Waals surface area contributed by atoms with Gasteiger partial charge < -0.3 is 5.11 Å². The molecule has 1 heterocycles. The van der Waals surface area contributed by atoms with E-state index in [9.17, 15) is 8.42 Å². The highest BCUT2D eigenvalue weighted by atomic mass is 79.9. The Kier molecular flexibility index (Phi) is 4.52. The molecule has 0 amide bonds. The van der Waals surface area contributed by atoms with Gasteiger partial charge in [-0.15, -0.1) is 11.3 Å². The Bertz CT molecular complexity index is 700. The van der Waals surface area contributed by atoms with E-state index in [1.807, 2.05) is 0 Å². The van der Waals surface area contributed by atoms with Crippen LogP contribution in [0.25, 0.3) is 0 Å². The summed E-state index contributed by atoms with van der Waals surface area (Å²) in [6, 6.07) is 6.30. The number of anilines is 1. The molecule has 0 aliphatic rings. The molecule has 0 bridgehead atoms. The van der Waals surface area contributed by atoms with Crippen LogP contribution in [-0.4, -0.2) is 13.5 Å². The van der Waals surface area contributed by atoms with E-state index >= 15 is 0 Å². The molecule has 4 nitrogen and oxygen atoms in total. The van der Waals surface area contributed by atoms with Crippen molar-refractivity contribution in [2.24, 2.45) is 0 Å². The Morgan fingerprint density at radius 2 is 2.11 bits per heavy atom. The van der Waals surface area contributed by atoms with Gasteiger partial charge in [-0.1, -0.05) is 27.5 Å². The Hall–Kier alpha value is -0.600. The topological polar surface area (TPSA) is 66.4 Å². The van der Waals surface area contributed by atoms with E-state index in [1.165, 1.54) is 22.8 Å². The molecule has 1 aromatic carbocycles. The van der Waals surface area contributed by atoms with Crippen molar-refractivity contribution in [3.8, 4) is 0 Å². The summed E-state index contributed by atoms with van der Waals surface area (Å²) in [6.45, 7) is -0.181. The van der Waals surface area contributed by atoms with Gasteiger partial charge in [-0.05, 0) is 24.3 Å². The maximum Gasteiger partial charge on any atom is 0.262 e. The van der Waals surface area contributed by atoms with Crippen LogP contribution in [0.3, 0.4) is 0 Å². The number of aliphatic hydroxyl groups excluding tert-OH is 1. The Balaban J connectivity index is 2.30. The van der Waals surface area contributed by atoms with Gasteiger partial charge in [-0.2, -0.15) is 0 Å². The van der Waals surface area contributed by atoms with Gasteiger partial charge in [-0.25, -0.2) is 8.42 Å². The number of benzene rings is 1. The highest BCUT2D eigenvalue weighted by molar-refractivity contribution is 9.10. The largest absolute Gasteiger partial charge is 0.391 e. The summed E-state index contributed by atoms with van der Waals surface area (Å²) in [6.07, 6.45) is 0. The minimum absolute atomic E-state index is 0.112. The first-order valence-corrected chi connectivity index (χ1v) is 8.62. The van der Waals surface area contributed by atoms with Gasteiger partial charge in [0.05, 0.1) is 22.2 Å². The quantitative estimate of drug-likeness (QED) is 0.851. The van der Waals surface area contributed by atoms with Crippen molar-refractivity contribution in [2.75, 3.05) is 4.72 Å². The minimum Gasteiger partial charge on any atom is -0.391 e. The van der Waals surface area contributed by atoms with Crippen molar-refractivity contribution >= 4 is 54.6 Å². The molecule has 0 unspecified atom stereocenters. The van der Waals surface area contributed by atoms with Crippen LogP contribution in [-0.2, 0) is 16.6 Å². The highest BCUT2D eigenvalue weighted by Crippen LogP contribution is 2.28. The monoisotopic (exact) mass is 381 g/mol. The third-order valence-corrected chi connectivity index (χ3v) is 5.49. The molecular formula is C11H9BrClNO3S2. The summed E-state index contributed by atoms with van der Waals surface area (Å²) in [5.74, 6) is 0. The molecule has 0 aliphatic heterocycles. The lowest BCUT2D eigenvalue weighted by atomic mass is 10.3. The van der Waals surface area contributed by atoms with Crippen molar-refractivity contribution in [2.45, 2.75) is 11.5 Å². The normalized spacial score (nSPS) is 11.5. The maximum atomic E-state index is 12.1. The minimum atomic E-state index is -3.69. The summed E-state index contributed by atoms with van der Waals surface area (Å²) in [4.78, 5) is 0.697. The molecule has 0 radical (unpaired) electrons. The van der Waals surface area contributed by atoms with Crippen LogP contribution in [0.15, 0.2) is 39.0 Å². The number of sulfonamides is 1. The smallest absolute Gasteiger partial charge is 0.262 e. The van der Waals surface area contributed by atoms with E-state index in [0.29, 0.717) is 15.6 Å². The van der Waals surface area contributed by atoms with Crippen LogP contribution in [0, 0.1) is 0 Å². The number of aliphatic hydroxyl groups is 1. The van der Waals surface area contributed by atoms with Crippen LogP contribution < -0.4 is 4.72 Å². The average Bonchev–Trinajstić information content (AvgIpc) is 2.82. The predicted octanol–water partition coefficient (Wildman–Crippen LogP) is 3.46. The number of hydrogen-bond acceptors (Lipinski definition) is 4. The molecule has 0 spiro atoms. The zero-order valence-electron chi connectivity index (χ0n) is 9.43. The molecule has 2 N–H and O–H groups in total. The lowest BCUT2D eigenvalue weighted by Gasteiger charge is -2.08. The first-order chi connectivity index (χ1) is 8.92. The van der Waals surface area contributed by atoms with Gasteiger partial charge in [-0.3, -0.25) is 4.72 Å². The first-order valence-electron chi connectivity index (χ1n) is 5.08. The van der Waals surface area contributed by atoms with Gasteiger partial charge in [0.25, 0.3) is 10.0 Å². The highest BCUT2D eigenvalue weighted by Gasteiger charge is 2.17.